The maximum Gasteiger partial charge on any atom is 0.0928 e. The zero-order valence-electron chi connectivity index (χ0n) is 12.2. The average molecular weight is 266 g/mol. The summed E-state index contributed by atoms with van der Waals surface area (Å²) in [6, 6.07) is 8.55. The van der Waals surface area contributed by atoms with Gasteiger partial charge in [0.1, 0.15) is 0 Å². The summed E-state index contributed by atoms with van der Waals surface area (Å²) in [5.41, 5.74) is 2.75. The molecule has 0 aromatic heterocycles. The van der Waals surface area contributed by atoms with Crippen LogP contribution in [0.15, 0.2) is 24.3 Å². The summed E-state index contributed by atoms with van der Waals surface area (Å²) in [5.74, 6) is 0. The Morgan fingerprint density at radius 1 is 1.16 bits per heavy atom. The van der Waals surface area contributed by atoms with Crippen molar-refractivity contribution in [1.29, 1.82) is 0 Å². The smallest absolute Gasteiger partial charge is 0.0928 e. The SMILES string of the molecule is CNCCc1ccccc1CNCC(COC)OC. The van der Waals surface area contributed by atoms with Gasteiger partial charge < -0.3 is 20.1 Å². The van der Waals surface area contributed by atoms with Gasteiger partial charge in [-0.2, -0.15) is 0 Å². The Morgan fingerprint density at radius 3 is 2.53 bits per heavy atom. The van der Waals surface area contributed by atoms with E-state index in [-0.39, 0.29) is 6.10 Å². The standard InChI is InChI=1S/C15H26N2O2/c1-16-9-8-13-6-4-5-7-14(13)10-17-11-15(19-3)12-18-2/h4-7,15-17H,8-12H2,1-3H3. The van der Waals surface area contributed by atoms with Crippen LogP contribution in [0, 0.1) is 0 Å². The first kappa shape index (κ1) is 16.1. The zero-order chi connectivity index (χ0) is 13.9. The van der Waals surface area contributed by atoms with E-state index >= 15 is 0 Å². The number of likely N-dealkylation sites (N-methyl/N-ethyl adjacent to an activating group) is 1. The van der Waals surface area contributed by atoms with Gasteiger partial charge in [0.15, 0.2) is 0 Å². The highest BCUT2D eigenvalue weighted by molar-refractivity contribution is 5.27. The average Bonchev–Trinajstić information content (AvgIpc) is 2.45. The van der Waals surface area contributed by atoms with E-state index in [1.165, 1.54) is 11.1 Å². The maximum absolute atomic E-state index is 5.33. The van der Waals surface area contributed by atoms with E-state index in [4.69, 9.17) is 9.47 Å². The molecule has 0 saturated heterocycles. The second-order valence-electron chi connectivity index (χ2n) is 4.57. The normalized spacial score (nSPS) is 12.6. The molecule has 0 bridgehead atoms. The molecule has 0 saturated carbocycles. The van der Waals surface area contributed by atoms with Crippen molar-refractivity contribution in [3.8, 4) is 0 Å². The van der Waals surface area contributed by atoms with Crippen LogP contribution in [0.5, 0.6) is 0 Å². The molecule has 0 heterocycles. The van der Waals surface area contributed by atoms with E-state index < -0.39 is 0 Å². The molecular weight excluding hydrogens is 240 g/mol. The van der Waals surface area contributed by atoms with E-state index in [0.717, 1.165) is 26.1 Å². The van der Waals surface area contributed by atoms with Crippen molar-refractivity contribution in [1.82, 2.24) is 10.6 Å². The van der Waals surface area contributed by atoms with Crippen LogP contribution >= 0.6 is 0 Å². The second kappa shape index (κ2) is 9.92. The Kier molecular flexibility index (Phi) is 8.41. The van der Waals surface area contributed by atoms with Crippen LogP contribution in [-0.2, 0) is 22.4 Å². The summed E-state index contributed by atoms with van der Waals surface area (Å²) in [6.45, 7) is 3.28. The van der Waals surface area contributed by atoms with E-state index in [1.807, 2.05) is 7.05 Å². The van der Waals surface area contributed by atoms with Crippen LogP contribution in [-0.4, -0.2) is 47.1 Å². The lowest BCUT2D eigenvalue weighted by Gasteiger charge is -2.16. The Labute approximate surface area is 116 Å². The molecule has 4 heteroatoms. The van der Waals surface area contributed by atoms with Crippen molar-refractivity contribution in [2.45, 2.75) is 19.1 Å². The fraction of sp³-hybridized carbons (Fsp3) is 0.600. The predicted molar refractivity (Wildman–Crippen MR) is 78.5 cm³/mol. The number of rotatable bonds is 10. The Balaban J connectivity index is 2.43. The number of ether oxygens (including phenoxy) is 2. The summed E-state index contributed by atoms with van der Waals surface area (Å²) in [6.07, 6.45) is 1.16. The molecule has 1 unspecified atom stereocenters. The lowest BCUT2D eigenvalue weighted by molar-refractivity contribution is 0.0288. The minimum Gasteiger partial charge on any atom is -0.382 e. The molecule has 1 atom stereocenters. The Hall–Kier alpha value is -0.940. The van der Waals surface area contributed by atoms with E-state index in [9.17, 15) is 0 Å². The molecule has 2 N–H and O–H groups in total. The predicted octanol–water partition coefficient (Wildman–Crippen LogP) is 1.20. The molecule has 0 fully saturated rings. The molecular formula is C15H26N2O2. The van der Waals surface area contributed by atoms with Crippen molar-refractivity contribution in [3.63, 3.8) is 0 Å². The number of nitrogens with one attached hydrogen (secondary N) is 2. The van der Waals surface area contributed by atoms with Crippen molar-refractivity contribution in [3.05, 3.63) is 35.4 Å². The summed E-state index contributed by atoms with van der Waals surface area (Å²) in [7, 11) is 5.39. The first-order valence-electron chi connectivity index (χ1n) is 6.75. The molecule has 0 amide bonds. The topological polar surface area (TPSA) is 42.5 Å². The van der Waals surface area contributed by atoms with Crippen LogP contribution in [0.25, 0.3) is 0 Å². The van der Waals surface area contributed by atoms with Crippen molar-refractivity contribution < 1.29 is 9.47 Å². The molecule has 0 spiro atoms. The highest BCUT2D eigenvalue weighted by Gasteiger charge is 2.07. The first-order chi connectivity index (χ1) is 9.31. The fourth-order valence-electron chi connectivity index (χ4n) is 2.00. The van der Waals surface area contributed by atoms with Crippen LogP contribution in [0.1, 0.15) is 11.1 Å². The zero-order valence-corrected chi connectivity index (χ0v) is 12.2. The highest BCUT2D eigenvalue weighted by atomic mass is 16.5. The summed E-state index contributed by atoms with van der Waals surface area (Å²) in [5, 5.41) is 6.62. The van der Waals surface area contributed by atoms with Crippen molar-refractivity contribution >= 4 is 0 Å². The van der Waals surface area contributed by atoms with Gasteiger partial charge in [-0.05, 0) is 31.1 Å². The Bertz CT molecular complexity index is 345. The molecule has 1 rings (SSSR count). The monoisotopic (exact) mass is 266 g/mol. The van der Waals surface area contributed by atoms with E-state index in [1.54, 1.807) is 14.2 Å². The van der Waals surface area contributed by atoms with Gasteiger partial charge in [-0.3, -0.25) is 0 Å². The molecule has 1 aromatic rings. The Morgan fingerprint density at radius 2 is 1.89 bits per heavy atom. The van der Waals surface area contributed by atoms with Crippen LogP contribution in [0.4, 0.5) is 0 Å². The quantitative estimate of drug-likeness (QED) is 0.668. The number of hydrogen-bond acceptors (Lipinski definition) is 4. The van der Waals surface area contributed by atoms with Crippen LogP contribution < -0.4 is 10.6 Å². The first-order valence-corrected chi connectivity index (χ1v) is 6.75. The van der Waals surface area contributed by atoms with Gasteiger partial charge in [-0.25, -0.2) is 0 Å². The van der Waals surface area contributed by atoms with E-state index in [0.29, 0.717) is 6.61 Å². The fourth-order valence-corrected chi connectivity index (χ4v) is 2.00. The largest absolute Gasteiger partial charge is 0.382 e. The number of hydrogen-bond donors (Lipinski definition) is 2. The molecule has 0 radical (unpaired) electrons. The number of methoxy groups -OCH3 is 2. The van der Waals surface area contributed by atoms with Crippen molar-refractivity contribution in [2.75, 3.05) is 41.0 Å². The van der Waals surface area contributed by atoms with Gasteiger partial charge >= 0.3 is 0 Å². The van der Waals surface area contributed by atoms with Crippen LogP contribution in [0.3, 0.4) is 0 Å². The number of benzene rings is 1. The molecule has 4 nitrogen and oxygen atoms in total. The van der Waals surface area contributed by atoms with Gasteiger partial charge in [0.25, 0.3) is 0 Å². The lowest BCUT2D eigenvalue weighted by atomic mass is 10.0. The van der Waals surface area contributed by atoms with Crippen LogP contribution in [0.2, 0.25) is 0 Å². The minimum atomic E-state index is 0.106. The molecule has 108 valence electrons. The maximum atomic E-state index is 5.33. The van der Waals surface area contributed by atoms with Gasteiger partial charge in [0.05, 0.1) is 12.7 Å². The molecule has 1 aromatic carbocycles. The second-order valence-corrected chi connectivity index (χ2v) is 4.57. The lowest BCUT2D eigenvalue weighted by Crippen LogP contribution is -2.31. The van der Waals surface area contributed by atoms with Crippen molar-refractivity contribution in [2.24, 2.45) is 0 Å². The van der Waals surface area contributed by atoms with E-state index in [2.05, 4.69) is 34.9 Å². The third-order valence-corrected chi connectivity index (χ3v) is 3.14. The summed E-state index contributed by atoms with van der Waals surface area (Å²) >= 11 is 0. The highest BCUT2D eigenvalue weighted by Crippen LogP contribution is 2.09. The molecule has 0 aliphatic rings. The molecule has 19 heavy (non-hydrogen) atoms. The van der Waals surface area contributed by atoms with Gasteiger partial charge in [0.2, 0.25) is 0 Å². The van der Waals surface area contributed by atoms with Gasteiger partial charge in [-0.1, -0.05) is 24.3 Å². The van der Waals surface area contributed by atoms with Gasteiger partial charge in [0, 0.05) is 27.3 Å². The molecule has 0 aliphatic carbocycles. The summed E-state index contributed by atoms with van der Waals surface area (Å²) in [4.78, 5) is 0. The minimum absolute atomic E-state index is 0.106. The van der Waals surface area contributed by atoms with Gasteiger partial charge in [-0.15, -0.1) is 0 Å². The third-order valence-electron chi connectivity index (χ3n) is 3.14. The third kappa shape index (κ3) is 6.16. The molecule has 0 aliphatic heterocycles. The summed E-state index contributed by atoms with van der Waals surface area (Å²) < 4.78 is 10.4.